The molecule has 1 fully saturated rings. The average molecular weight is 261 g/mol. The molecule has 0 radical (unpaired) electrons. The Morgan fingerprint density at radius 3 is 2.84 bits per heavy atom. The fourth-order valence-corrected chi connectivity index (χ4v) is 2.72. The van der Waals surface area contributed by atoms with Crippen molar-refractivity contribution in [2.24, 2.45) is 5.92 Å². The largest absolute Gasteiger partial charge is 0.398 e. The first-order valence-corrected chi connectivity index (χ1v) is 7.11. The van der Waals surface area contributed by atoms with Gasteiger partial charge in [0, 0.05) is 23.6 Å². The van der Waals surface area contributed by atoms with Crippen LogP contribution in [0.25, 0.3) is 0 Å². The minimum atomic E-state index is -0.0938. The molecule has 1 amide bonds. The Kier molecular flexibility index (Phi) is 4.40. The lowest BCUT2D eigenvalue weighted by Gasteiger charge is -2.23. The molecule has 1 aromatic heterocycles. The number of hydrogen-bond donors (Lipinski definition) is 2. The maximum atomic E-state index is 12.3. The minimum Gasteiger partial charge on any atom is -0.398 e. The number of nitrogens with one attached hydrogen (secondary N) is 1. The second-order valence-electron chi connectivity index (χ2n) is 5.61. The number of pyridine rings is 1. The number of aryl methyl sites for hydroxylation is 1. The summed E-state index contributed by atoms with van der Waals surface area (Å²) in [4.78, 5) is 16.4. The van der Waals surface area contributed by atoms with Gasteiger partial charge in [-0.25, -0.2) is 0 Å². The summed E-state index contributed by atoms with van der Waals surface area (Å²) in [5.41, 5.74) is 7.72. The molecule has 1 aliphatic carbocycles. The van der Waals surface area contributed by atoms with E-state index in [9.17, 15) is 4.79 Å². The lowest BCUT2D eigenvalue weighted by atomic mass is 9.96. The molecule has 2 unspecified atom stereocenters. The van der Waals surface area contributed by atoms with Gasteiger partial charge in [-0.3, -0.25) is 9.78 Å². The predicted molar refractivity (Wildman–Crippen MR) is 76.9 cm³/mol. The summed E-state index contributed by atoms with van der Waals surface area (Å²) in [6, 6.07) is 2.00. The van der Waals surface area contributed by atoms with Gasteiger partial charge in [-0.05, 0) is 31.7 Å². The summed E-state index contributed by atoms with van der Waals surface area (Å²) in [7, 11) is 0. The van der Waals surface area contributed by atoms with Crippen LogP contribution in [0.3, 0.4) is 0 Å². The van der Waals surface area contributed by atoms with Crippen molar-refractivity contribution < 1.29 is 4.79 Å². The molecular weight excluding hydrogens is 238 g/mol. The molecule has 2 atom stereocenters. The van der Waals surface area contributed by atoms with E-state index < -0.39 is 0 Å². The molecule has 4 heteroatoms. The van der Waals surface area contributed by atoms with E-state index in [0.29, 0.717) is 17.2 Å². The minimum absolute atomic E-state index is 0.0938. The number of carbonyl (C=O) groups excluding carboxylic acids is 1. The number of aromatic nitrogens is 1. The van der Waals surface area contributed by atoms with Crippen molar-refractivity contribution in [3.63, 3.8) is 0 Å². The van der Waals surface area contributed by atoms with Crippen molar-refractivity contribution in [2.75, 3.05) is 5.73 Å². The number of nitrogens with two attached hydrogens (primary N) is 1. The fraction of sp³-hybridized carbons (Fsp3) is 0.600. The zero-order valence-corrected chi connectivity index (χ0v) is 11.8. The standard InChI is InChI=1S/C15H23N3O/c1-10-6-4-3-5-7-14(10)18-15(19)12-9-17-11(2)8-13(12)16/h8-10,14H,3-7H2,1-2H3,(H2,16,17)(H,18,19). The van der Waals surface area contributed by atoms with E-state index in [-0.39, 0.29) is 11.9 Å². The monoisotopic (exact) mass is 261 g/mol. The lowest BCUT2D eigenvalue weighted by Crippen LogP contribution is -2.39. The molecule has 4 nitrogen and oxygen atoms in total. The zero-order chi connectivity index (χ0) is 13.8. The molecule has 2 rings (SSSR count). The first-order chi connectivity index (χ1) is 9.08. The molecule has 0 aliphatic heterocycles. The molecule has 19 heavy (non-hydrogen) atoms. The lowest BCUT2D eigenvalue weighted by molar-refractivity contribution is 0.0922. The second-order valence-corrected chi connectivity index (χ2v) is 5.61. The molecule has 1 saturated carbocycles. The summed E-state index contributed by atoms with van der Waals surface area (Å²) in [6.07, 6.45) is 7.55. The Balaban J connectivity index is 2.07. The van der Waals surface area contributed by atoms with E-state index in [4.69, 9.17) is 5.73 Å². The van der Waals surface area contributed by atoms with E-state index >= 15 is 0 Å². The SMILES string of the molecule is Cc1cc(N)c(C(=O)NC2CCCCCC2C)cn1. The maximum absolute atomic E-state index is 12.3. The summed E-state index contributed by atoms with van der Waals surface area (Å²) in [6.45, 7) is 4.08. The van der Waals surface area contributed by atoms with Crippen molar-refractivity contribution in [1.82, 2.24) is 10.3 Å². The van der Waals surface area contributed by atoms with E-state index in [2.05, 4.69) is 17.2 Å². The van der Waals surface area contributed by atoms with Gasteiger partial charge < -0.3 is 11.1 Å². The summed E-state index contributed by atoms with van der Waals surface area (Å²) in [5, 5.41) is 3.13. The Hall–Kier alpha value is -1.58. The van der Waals surface area contributed by atoms with E-state index in [0.717, 1.165) is 12.1 Å². The number of rotatable bonds is 2. The third-order valence-corrected chi connectivity index (χ3v) is 4.00. The van der Waals surface area contributed by atoms with Gasteiger partial charge in [0.25, 0.3) is 5.91 Å². The summed E-state index contributed by atoms with van der Waals surface area (Å²) < 4.78 is 0. The van der Waals surface area contributed by atoms with Gasteiger partial charge in [-0.2, -0.15) is 0 Å². The molecule has 1 heterocycles. The van der Waals surface area contributed by atoms with Gasteiger partial charge in [0.1, 0.15) is 0 Å². The molecule has 0 spiro atoms. The third-order valence-electron chi connectivity index (χ3n) is 4.00. The highest BCUT2D eigenvalue weighted by Crippen LogP contribution is 2.23. The molecular formula is C15H23N3O. The Bertz CT molecular complexity index is 459. The van der Waals surface area contributed by atoms with Gasteiger partial charge >= 0.3 is 0 Å². The normalized spacial score (nSPS) is 23.7. The molecule has 104 valence electrons. The molecule has 1 aromatic rings. The van der Waals surface area contributed by atoms with Crippen LogP contribution >= 0.6 is 0 Å². The number of nitrogen functional groups attached to an aromatic ring is 1. The van der Waals surface area contributed by atoms with Crippen LogP contribution in [0, 0.1) is 12.8 Å². The zero-order valence-electron chi connectivity index (χ0n) is 11.8. The van der Waals surface area contributed by atoms with Gasteiger partial charge in [-0.1, -0.05) is 26.2 Å². The third kappa shape index (κ3) is 3.46. The number of hydrogen-bond acceptors (Lipinski definition) is 3. The van der Waals surface area contributed by atoms with Gasteiger partial charge in [0.2, 0.25) is 0 Å². The number of nitrogens with zero attached hydrogens (tertiary/aromatic N) is 1. The van der Waals surface area contributed by atoms with Gasteiger partial charge in [0.15, 0.2) is 0 Å². The highest BCUT2D eigenvalue weighted by molar-refractivity contribution is 5.99. The maximum Gasteiger partial charge on any atom is 0.255 e. The Labute approximate surface area is 114 Å². The molecule has 1 aliphatic rings. The van der Waals surface area contributed by atoms with Crippen LogP contribution in [-0.4, -0.2) is 16.9 Å². The molecule has 3 N–H and O–H groups in total. The summed E-state index contributed by atoms with van der Waals surface area (Å²) in [5.74, 6) is 0.440. The van der Waals surface area contributed by atoms with Crippen LogP contribution in [-0.2, 0) is 0 Å². The topological polar surface area (TPSA) is 68.0 Å². The second kappa shape index (κ2) is 6.04. The van der Waals surface area contributed by atoms with E-state index in [1.807, 2.05) is 6.92 Å². The van der Waals surface area contributed by atoms with Crippen LogP contribution in [0.15, 0.2) is 12.3 Å². The Morgan fingerprint density at radius 1 is 1.37 bits per heavy atom. The van der Waals surface area contributed by atoms with E-state index in [1.54, 1.807) is 12.3 Å². The van der Waals surface area contributed by atoms with Crippen LogP contribution in [0.5, 0.6) is 0 Å². The smallest absolute Gasteiger partial charge is 0.255 e. The highest BCUT2D eigenvalue weighted by Gasteiger charge is 2.22. The van der Waals surface area contributed by atoms with Crippen molar-refractivity contribution in [1.29, 1.82) is 0 Å². The van der Waals surface area contributed by atoms with Crippen LogP contribution in [0.4, 0.5) is 5.69 Å². The van der Waals surface area contributed by atoms with Gasteiger partial charge in [0.05, 0.1) is 5.56 Å². The number of anilines is 1. The Morgan fingerprint density at radius 2 is 2.11 bits per heavy atom. The quantitative estimate of drug-likeness (QED) is 0.804. The van der Waals surface area contributed by atoms with Crippen molar-refractivity contribution in [3.05, 3.63) is 23.5 Å². The first kappa shape index (κ1) is 13.8. The van der Waals surface area contributed by atoms with Crippen LogP contribution < -0.4 is 11.1 Å². The average Bonchev–Trinajstić information content (AvgIpc) is 2.55. The van der Waals surface area contributed by atoms with Crippen molar-refractivity contribution in [2.45, 2.75) is 52.0 Å². The first-order valence-electron chi connectivity index (χ1n) is 7.11. The number of amides is 1. The van der Waals surface area contributed by atoms with Crippen LogP contribution in [0.2, 0.25) is 0 Å². The van der Waals surface area contributed by atoms with E-state index in [1.165, 1.54) is 25.7 Å². The number of carbonyl (C=O) groups is 1. The molecule has 0 bridgehead atoms. The van der Waals surface area contributed by atoms with Gasteiger partial charge in [-0.15, -0.1) is 0 Å². The van der Waals surface area contributed by atoms with Crippen LogP contribution in [0.1, 0.15) is 55.1 Å². The summed E-state index contributed by atoms with van der Waals surface area (Å²) >= 11 is 0. The molecule has 0 saturated heterocycles. The molecule has 0 aromatic carbocycles. The highest BCUT2D eigenvalue weighted by atomic mass is 16.1. The fourth-order valence-electron chi connectivity index (χ4n) is 2.72. The predicted octanol–water partition coefficient (Wildman–Crippen LogP) is 2.67. The van der Waals surface area contributed by atoms with Crippen molar-refractivity contribution >= 4 is 11.6 Å². The van der Waals surface area contributed by atoms with Crippen molar-refractivity contribution in [3.8, 4) is 0 Å².